The average Bonchev–Trinajstić information content (AvgIpc) is 2.11. The summed E-state index contributed by atoms with van der Waals surface area (Å²) >= 11 is 7.50. The number of thioether (sulfide) groups is 1. The Morgan fingerprint density at radius 3 is 2.86 bits per heavy atom. The van der Waals surface area contributed by atoms with Crippen molar-refractivity contribution in [3.05, 3.63) is 17.3 Å². The summed E-state index contributed by atoms with van der Waals surface area (Å²) in [7, 11) is 0. The molecule has 2 nitrogen and oxygen atoms in total. The van der Waals surface area contributed by atoms with Crippen molar-refractivity contribution in [3.8, 4) is 0 Å². The second kappa shape index (κ2) is 6.14. The zero-order chi connectivity index (χ0) is 10.4. The van der Waals surface area contributed by atoms with E-state index < -0.39 is 0 Å². The van der Waals surface area contributed by atoms with E-state index in [1.165, 1.54) is 19.3 Å². The highest BCUT2D eigenvalue weighted by Gasteiger charge is 1.99. The van der Waals surface area contributed by atoms with Gasteiger partial charge in [-0.15, -0.1) is 11.8 Å². The monoisotopic (exact) mass is 230 g/mol. The fourth-order valence-corrected chi connectivity index (χ4v) is 2.30. The summed E-state index contributed by atoms with van der Waals surface area (Å²) in [5.41, 5.74) is 6.34. The van der Waals surface area contributed by atoms with Crippen LogP contribution >= 0.6 is 23.4 Å². The second-order valence-corrected chi connectivity index (χ2v) is 4.62. The van der Waals surface area contributed by atoms with Gasteiger partial charge in [0.15, 0.2) is 0 Å². The van der Waals surface area contributed by atoms with Crippen LogP contribution in [0.25, 0.3) is 0 Å². The van der Waals surface area contributed by atoms with Crippen LogP contribution in [0.5, 0.6) is 0 Å². The Morgan fingerprint density at radius 1 is 1.43 bits per heavy atom. The normalized spacial score (nSPS) is 10.4. The van der Waals surface area contributed by atoms with Crippen molar-refractivity contribution in [2.24, 2.45) is 0 Å². The number of halogens is 1. The third-order valence-corrected chi connectivity index (χ3v) is 2.98. The van der Waals surface area contributed by atoms with Gasteiger partial charge in [-0.05, 0) is 24.3 Å². The number of hydrogen-bond acceptors (Lipinski definition) is 3. The number of aromatic nitrogens is 1. The molecule has 0 spiro atoms. The standard InChI is InChI=1S/C10H15ClN2S/c1-2-3-4-5-14-10-7-8(12)6-9(11)13-10/h6-7H,2-5H2,1H3,(H2,12,13). The number of hydrogen-bond donors (Lipinski definition) is 1. The maximum atomic E-state index is 5.79. The molecule has 0 amide bonds. The van der Waals surface area contributed by atoms with Gasteiger partial charge < -0.3 is 5.73 Å². The van der Waals surface area contributed by atoms with E-state index >= 15 is 0 Å². The molecule has 0 fully saturated rings. The molecule has 0 atom stereocenters. The van der Waals surface area contributed by atoms with Gasteiger partial charge in [0.1, 0.15) is 5.15 Å². The van der Waals surface area contributed by atoms with Crippen LogP contribution in [-0.2, 0) is 0 Å². The van der Waals surface area contributed by atoms with E-state index in [0.717, 1.165) is 10.8 Å². The van der Waals surface area contributed by atoms with Crippen molar-refractivity contribution >= 4 is 29.1 Å². The van der Waals surface area contributed by atoms with Crippen molar-refractivity contribution in [2.45, 2.75) is 31.2 Å². The first-order valence-electron chi connectivity index (χ1n) is 4.78. The van der Waals surface area contributed by atoms with Crippen LogP contribution in [0.1, 0.15) is 26.2 Å². The Labute approximate surface area is 94.2 Å². The van der Waals surface area contributed by atoms with Gasteiger partial charge in [-0.1, -0.05) is 31.4 Å². The predicted octanol–water partition coefficient (Wildman–Crippen LogP) is 3.60. The van der Waals surface area contributed by atoms with Gasteiger partial charge in [-0.25, -0.2) is 4.98 Å². The molecule has 1 aromatic rings. The van der Waals surface area contributed by atoms with Gasteiger partial charge in [0.2, 0.25) is 0 Å². The molecule has 14 heavy (non-hydrogen) atoms. The predicted molar refractivity (Wildman–Crippen MR) is 63.9 cm³/mol. The first-order chi connectivity index (χ1) is 6.72. The number of nitrogen functional groups attached to an aromatic ring is 1. The zero-order valence-electron chi connectivity index (χ0n) is 8.29. The van der Waals surface area contributed by atoms with Gasteiger partial charge in [0.25, 0.3) is 0 Å². The highest BCUT2D eigenvalue weighted by atomic mass is 35.5. The highest BCUT2D eigenvalue weighted by molar-refractivity contribution is 7.99. The van der Waals surface area contributed by atoms with Gasteiger partial charge >= 0.3 is 0 Å². The van der Waals surface area contributed by atoms with Crippen LogP contribution in [0, 0.1) is 0 Å². The SMILES string of the molecule is CCCCCSc1cc(N)cc(Cl)n1. The number of nitrogens with zero attached hydrogens (tertiary/aromatic N) is 1. The van der Waals surface area contributed by atoms with Crippen LogP contribution in [0.15, 0.2) is 17.2 Å². The molecule has 78 valence electrons. The summed E-state index contributed by atoms with van der Waals surface area (Å²) in [6.45, 7) is 2.19. The van der Waals surface area contributed by atoms with Gasteiger partial charge in [-0.2, -0.15) is 0 Å². The Hall–Kier alpha value is -0.410. The van der Waals surface area contributed by atoms with E-state index in [-0.39, 0.29) is 0 Å². The number of rotatable bonds is 5. The van der Waals surface area contributed by atoms with Crippen LogP contribution in [-0.4, -0.2) is 10.7 Å². The molecule has 1 heterocycles. The van der Waals surface area contributed by atoms with Crippen molar-refractivity contribution in [1.82, 2.24) is 4.98 Å². The van der Waals surface area contributed by atoms with E-state index in [0.29, 0.717) is 10.8 Å². The van der Waals surface area contributed by atoms with Gasteiger partial charge in [-0.3, -0.25) is 0 Å². The summed E-state index contributed by atoms with van der Waals surface area (Å²) in [5.74, 6) is 1.08. The largest absolute Gasteiger partial charge is 0.399 e. The van der Waals surface area contributed by atoms with Crippen LogP contribution in [0.2, 0.25) is 5.15 Å². The average molecular weight is 231 g/mol. The van der Waals surface area contributed by atoms with E-state index in [2.05, 4.69) is 11.9 Å². The summed E-state index contributed by atoms with van der Waals surface area (Å²) in [6, 6.07) is 3.53. The molecule has 4 heteroatoms. The van der Waals surface area contributed by atoms with E-state index in [1.807, 2.05) is 6.07 Å². The van der Waals surface area contributed by atoms with Gasteiger partial charge in [0, 0.05) is 5.69 Å². The Bertz CT molecular complexity index is 271. The number of anilines is 1. The maximum Gasteiger partial charge on any atom is 0.132 e. The van der Waals surface area contributed by atoms with Crippen molar-refractivity contribution in [2.75, 3.05) is 11.5 Å². The van der Waals surface area contributed by atoms with Crippen LogP contribution < -0.4 is 5.73 Å². The van der Waals surface area contributed by atoms with E-state index in [4.69, 9.17) is 17.3 Å². The van der Waals surface area contributed by atoms with Crippen LogP contribution in [0.3, 0.4) is 0 Å². The smallest absolute Gasteiger partial charge is 0.132 e. The lowest BCUT2D eigenvalue weighted by atomic mass is 10.3. The number of pyridine rings is 1. The summed E-state index contributed by atoms with van der Waals surface area (Å²) in [6.07, 6.45) is 3.73. The van der Waals surface area contributed by atoms with Crippen LogP contribution in [0.4, 0.5) is 5.69 Å². The molecule has 0 saturated carbocycles. The van der Waals surface area contributed by atoms with Crippen molar-refractivity contribution < 1.29 is 0 Å². The number of nitrogens with two attached hydrogens (primary N) is 1. The summed E-state index contributed by atoms with van der Waals surface area (Å²) in [5, 5.41) is 1.40. The highest BCUT2D eigenvalue weighted by Crippen LogP contribution is 2.22. The van der Waals surface area contributed by atoms with E-state index in [1.54, 1.807) is 17.8 Å². The molecule has 0 saturated heterocycles. The van der Waals surface area contributed by atoms with E-state index in [9.17, 15) is 0 Å². The molecule has 0 radical (unpaired) electrons. The molecule has 2 N–H and O–H groups in total. The minimum atomic E-state index is 0.475. The molecule has 1 rings (SSSR count). The third kappa shape index (κ3) is 4.20. The molecule has 0 bridgehead atoms. The number of unbranched alkanes of at least 4 members (excludes halogenated alkanes) is 2. The molecular formula is C10H15ClN2S. The fraction of sp³-hybridized carbons (Fsp3) is 0.500. The summed E-state index contributed by atoms with van der Waals surface area (Å²) < 4.78 is 0. The molecule has 0 unspecified atom stereocenters. The zero-order valence-corrected chi connectivity index (χ0v) is 9.87. The maximum absolute atomic E-state index is 5.79. The Morgan fingerprint density at radius 2 is 2.21 bits per heavy atom. The minimum absolute atomic E-state index is 0.475. The van der Waals surface area contributed by atoms with Crippen molar-refractivity contribution in [3.63, 3.8) is 0 Å². The second-order valence-electron chi connectivity index (χ2n) is 3.12. The Balaban J connectivity index is 2.42. The molecular weight excluding hydrogens is 216 g/mol. The lowest BCUT2D eigenvalue weighted by Crippen LogP contribution is -1.89. The topological polar surface area (TPSA) is 38.9 Å². The van der Waals surface area contributed by atoms with Crippen molar-refractivity contribution in [1.29, 1.82) is 0 Å². The first-order valence-corrected chi connectivity index (χ1v) is 6.14. The molecule has 0 aliphatic rings. The fourth-order valence-electron chi connectivity index (χ4n) is 1.09. The molecule has 1 aromatic heterocycles. The molecule has 0 aliphatic carbocycles. The molecule has 0 aliphatic heterocycles. The summed E-state index contributed by atoms with van der Waals surface area (Å²) in [4.78, 5) is 4.18. The third-order valence-electron chi connectivity index (χ3n) is 1.79. The quantitative estimate of drug-likeness (QED) is 0.477. The lowest BCUT2D eigenvalue weighted by Gasteiger charge is -2.02. The van der Waals surface area contributed by atoms with Gasteiger partial charge in [0.05, 0.1) is 5.03 Å². The minimum Gasteiger partial charge on any atom is -0.399 e. The molecule has 0 aromatic carbocycles. The first kappa shape index (κ1) is 11.7. The lowest BCUT2D eigenvalue weighted by molar-refractivity contribution is 0.778. The Kier molecular flexibility index (Phi) is 5.12.